The number of nitrogens with zero attached hydrogens (tertiary/aromatic N) is 2. The molecule has 0 saturated carbocycles. The first kappa shape index (κ1) is 19.2. The van der Waals surface area contributed by atoms with E-state index in [9.17, 15) is 18.0 Å². The van der Waals surface area contributed by atoms with Gasteiger partial charge in [0.1, 0.15) is 23.6 Å². The van der Waals surface area contributed by atoms with E-state index in [1.165, 1.54) is 24.5 Å². The van der Waals surface area contributed by atoms with Gasteiger partial charge in [0.2, 0.25) is 0 Å². The highest BCUT2D eigenvalue weighted by Crippen LogP contribution is 2.30. The van der Waals surface area contributed by atoms with Crippen molar-refractivity contribution in [1.82, 2.24) is 9.97 Å². The van der Waals surface area contributed by atoms with Crippen LogP contribution in [0.2, 0.25) is 0 Å². The van der Waals surface area contributed by atoms with Crippen LogP contribution in [0.25, 0.3) is 0 Å². The number of nitrogens with one attached hydrogen (secondary N) is 2. The van der Waals surface area contributed by atoms with Crippen LogP contribution in [-0.2, 0) is 6.18 Å². The van der Waals surface area contributed by atoms with Crippen molar-refractivity contribution in [1.29, 1.82) is 0 Å². The van der Waals surface area contributed by atoms with Crippen molar-refractivity contribution >= 4 is 23.1 Å². The van der Waals surface area contributed by atoms with Gasteiger partial charge in [-0.2, -0.15) is 13.2 Å². The SMILES string of the molecule is COc1ccc(NC(=O)c2cc(Nc3ccc(C(F)(F)F)cc3)ncn2)cc1. The van der Waals surface area contributed by atoms with E-state index in [4.69, 9.17) is 4.74 Å². The fourth-order valence-electron chi connectivity index (χ4n) is 2.31. The molecule has 1 aromatic heterocycles. The molecule has 6 nitrogen and oxygen atoms in total. The summed E-state index contributed by atoms with van der Waals surface area (Å²) in [6.07, 6.45) is -3.21. The molecule has 0 unspecified atom stereocenters. The number of benzene rings is 2. The summed E-state index contributed by atoms with van der Waals surface area (Å²) in [7, 11) is 1.54. The van der Waals surface area contributed by atoms with Crippen LogP contribution in [-0.4, -0.2) is 23.0 Å². The summed E-state index contributed by atoms with van der Waals surface area (Å²) < 4.78 is 42.9. The number of anilines is 3. The molecule has 0 radical (unpaired) electrons. The summed E-state index contributed by atoms with van der Waals surface area (Å²) in [6, 6.07) is 12.6. The fourth-order valence-corrected chi connectivity index (χ4v) is 2.31. The van der Waals surface area contributed by atoms with Crippen LogP contribution in [0.15, 0.2) is 60.9 Å². The van der Waals surface area contributed by atoms with Crippen molar-refractivity contribution in [3.63, 3.8) is 0 Å². The summed E-state index contributed by atoms with van der Waals surface area (Å²) >= 11 is 0. The monoisotopic (exact) mass is 388 g/mol. The number of halogens is 3. The van der Waals surface area contributed by atoms with Crippen LogP contribution < -0.4 is 15.4 Å². The van der Waals surface area contributed by atoms with Gasteiger partial charge >= 0.3 is 6.18 Å². The molecule has 0 bridgehead atoms. The first-order chi connectivity index (χ1) is 13.3. The Morgan fingerprint density at radius 2 is 1.61 bits per heavy atom. The number of amides is 1. The van der Waals surface area contributed by atoms with E-state index in [0.29, 0.717) is 17.1 Å². The molecule has 0 aliphatic rings. The Labute approximate surface area is 158 Å². The number of alkyl halides is 3. The molecule has 144 valence electrons. The summed E-state index contributed by atoms with van der Waals surface area (Å²) in [6.45, 7) is 0. The van der Waals surface area contributed by atoms with E-state index in [0.717, 1.165) is 12.1 Å². The fraction of sp³-hybridized carbons (Fsp3) is 0.105. The van der Waals surface area contributed by atoms with Crippen LogP contribution in [0.1, 0.15) is 16.1 Å². The Morgan fingerprint density at radius 3 is 2.21 bits per heavy atom. The van der Waals surface area contributed by atoms with Gasteiger partial charge in [-0.1, -0.05) is 0 Å². The van der Waals surface area contributed by atoms with E-state index in [1.807, 2.05) is 0 Å². The van der Waals surface area contributed by atoms with Gasteiger partial charge in [-0.3, -0.25) is 4.79 Å². The second-order valence-corrected chi connectivity index (χ2v) is 5.67. The zero-order valence-corrected chi connectivity index (χ0v) is 14.6. The Kier molecular flexibility index (Phi) is 5.44. The second kappa shape index (κ2) is 7.95. The van der Waals surface area contributed by atoms with Crippen LogP contribution >= 0.6 is 0 Å². The lowest BCUT2D eigenvalue weighted by Gasteiger charge is -2.10. The third-order valence-electron chi connectivity index (χ3n) is 3.73. The van der Waals surface area contributed by atoms with Gasteiger partial charge in [-0.05, 0) is 48.5 Å². The highest BCUT2D eigenvalue weighted by Gasteiger charge is 2.29. The molecule has 28 heavy (non-hydrogen) atoms. The molecule has 0 aliphatic heterocycles. The Balaban J connectivity index is 1.70. The van der Waals surface area contributed by atoms with Gasteiger partial charge in [0.15, 0.2) is 0 Å². The van der Waals surface area contributed by atoms with E-state index in [2.05, 4.69) is 20.6 Å². The molecular weight excluding hydrogens is 373 g/mol. The second-order valence-electron chi connectivity index (χ2n) is 5.67. The molecule has 9 heteroatoms. The predicted octanol–water partition coefficient (Wildman–Crippen LogP) is 4.50. The summed E-state index contributed by atoms with van der Waals surface area (Å²) in [4.78, 5) is 20.2. The van der Waals surface area contributed by atoms with Gasteiger partial charge in [0.25, 0.3) is 5.91 Å². The molecule has 2 aromatic carbocycles. The molecule has 3 rings (SSSR count). The molecule has 0 fully saturated rings. The Bertz CT molecular complexity index is 958. The zero-order chi connectivity index (χ0) is 20.1. The van der Waals surface area contributed by atoms with Gasteiger partial charge in [-0.15, -0.1) is 0 Å². The largest absolute Gasteiger partial charge is 0.497 e. The molecule has 0 atom stereocenters. The quantitative estimate of drug-likeness (QED) is 0.673. The van der Waals surface area contributed by atoms with E-state index < -0.39 is 17.6 Å². The first-order valence-corrected chi connectivity index (χ1v) is 8.07. The molecule has 0 spiro atoms. The standard InChI is InChI=1S/C19H15F3N4O2/c1-28-15-8-6-14(7-9-15)26-18(27)16-10-17(24-11-23-16)25-13-4-2-12(3-5-13)19(20,21)22/h2-11H,1H3,(H,26,27)(H,23,24,25). The molecule has 0 aliphatic carbocycles. The number of aromatic nitrogens is 2. The number of ether oxygens (including phenoxy) is 1. The maximum Gasteiger partial charge on any atom is 0.416 e. The first-order valence-electron chi connectivity index (χ1n) is 8.07. The van der Waals surface area contributed by atoms with E-state index >= 15 is 0 Å². The third kappa shape index (κ3) is 4.76. The number of methoxy groups -OCH3 is 1. The van der Waals surface area contributed by atoms with Crippen molar-refractivity contribution in [2.75, 3.05) is 17.7 Å². The van der Waals surface area contributed by atoms with Crippen LogP contribution in [0.5, 0.6) is 5.75 Å². The minimum atomic E-state index is -4.40. The summed E-state index contributed by atoms with van der Waals surface area (Å²) in [5.74, 6) is 0.473. The van der Waals surface area contributed by atoms with Gasteiger partial charge in [0, 0.05) is 17.4 Å². The number of carbonyl (C=O) groups excluding carboxylic acids is 1. The van der Waals surface area contributed by atoms with Crippen LogP contribution in [0.4, 0.5) is 30.4 Å². The predicted molar refractivity (Wildman–Crippen MR) is 97.7 cm³/mol. The molecule has 2 N–H and O–H groups in total. The normalized spacial score (nSPS) is 11.0. The molecule has 3 aromatic rings. The highest BCUT2D eigenvalue weighted by molar-refractivity contribution is 6.03. The van der Waals surface area contributed by atoms with E-state index in [-0.39, 0.29) is 11.5 Å². The lowest BCUT2D eigenvalue weighted by Crippen LogP contribution is -2.14. The number of carbonyl (C=O) groups is 1. The highest BCUT2D eigenvalue weighted by atomic mass is 19.4. The molecular formula is C19H15F3N4O2. The van der Waals surface area contributed by atoms with Gasteiger partial charge in [0.05, 0.1) is 12.7 Å². The number of rotatable bonds is 5. The van der Waals surface area contributed by atoms with Crippen molar-refractivity contribution in [2.24, 2.45) is 0 Å². The number of hydrogen-bond donors (Lipinski definition) is 2. The lowest BCUT2D eigenvalue weighted by atomic mass is 10.2. The average Bonchev–Trinajstić information content (AvgIpc) is 2.68. The average molecular weight is 388 g/mol. The Morgan fingerprint density at radius 1 is 0.964 bits per heavy atom. The minimum Gasteiger partial charge on any atom is -0.497 e. The number of hydrogen-bond acceptors (Lipinski definition) is 5. The van der Waals surface area contributed by atoms with E-state index in [1.54, 1.807) is 31.4 Å². The van der Waals surface area contributed by atoms with Crippen molar-refractivity contribution < 1.29 is 22.7 Å². The molecule has 1 amide bonds. The van der Waals surface area contributed by atoms with Crippen molar-refractivity contribution in [2.45, 2.75) is 6.18 Å². The topological polar surface area (TPSA) is 76.1 Å². The molecule has 1 heterocycles. The van der Waals surface area contributed by atoms with Gasteiger partial charge in [-0.25, -0.2) is 9.97 Å². The lowest BCUT2D eigenvalue weighted by molar-refractivity contribution is -0.137. The third-order valence-corrected chi connectivity index (χ3v) is 3.73. The maximum atomic E-state index is 12.6. The summed E-state index contributed by atoms with van der Waals surface area (Å²) in [5.41, 5.74) is 0.301. The van der Waals surface area contributed by atoms with Crippen LogP contribution in [0.3, 0.4) is 0 Å². The molecule has 0 saturated heterocycles. The zero-order valence-electron chi connectivity index (χ0n) is 14.6. The van der Waals surface area contributed by atoms with Crippen molar-refractivity contribution in [3.05, 3.63) is 72.2 Å². The smallest absolute Gasteiger partial charge is 0.416 e. The maximum absolute atomic E-state index is 12.6. The minimum absolute atomic E-state index is 0.0974. The van der Waals surface area contributed by atoms with Gasteiger partial charge < -0.3 is 15.4 Å². The van der Waals surface area contributed by atoms with Crippen LogP contribution in [0, 0.1) is 0 Å². The van der Waals surface area contributed by atoms with Crippen molar-refractivity contribution in [3.8, 4) is 5.75 Å². The summed E-state index contributed by atoms with van der Waals surface area (Å²) in [5, 5.41) is 5.53. The Hall–Kier alpha value is -3.62.